The largest absolute Gasteiger partial charge is 0.493 e. The number of nitrogens with zero attached hydrogens (tertiary/aromatic N) is 3. The van der Waals surface area contributed by atoms with Gasteiger partial charge in [0.05, 0.1) is 20.3 Å². The molecule has 3 heterocycles. The number of benzene rings is 1. The van der Waals surface area contributed by atoms with E-state index in [-0.39, 0.29) is 23.8 Å². The topological polar surface area (TPSA) is 68.6 Å². The minimum Gasteiger partial charge on any atom is -0.493 e. The number of fused-ring (bicyclic) bond motifs is 1. The Balaban J connectivity index is 1.66. The Labute approximate surface area is 178 Å². The highest BCUT2D eigenvalue weighted by atomic mass is 19.4. The minimum atomic E-state index is -4.51. The summed E-state index contributed by atoms with van der Waals surface area (Å²) >= 11 is 0. The van der Waals surface area contributed by atoms with Crippen LogP contribution in [0, 0.1) is 0 Å². The van der Waals surface area contributed by atoms with E-state index in [1.165, 1.54) is 20.3 Å². The average Bonchev–Trinajstić information content (AvgIpc) is 3.21. The van der Waals surface area contributed by atoms with Gasteiger partial charge in [0, 0.05) is 25.6 Å². The van der Waals surface area contributed by atoms with Crippen LogP contribution in [-0.2, 0) is 0 Å². The van der Waals surface area contributed by atoms with Gasteiger partial charge in [-0.2, -0.15) is 18.3 Å². The Bertz CT molecular complexity index is 954. The van der Waals surface area contributed by atoms with Gasteiger partial charge in [-0.05, 0) is 37.0 Å². The first-order valence-electron chi connectivity index (χ1n) is 10.3. The van der Waals surface area contributed by atoms with Gasteiger partial charge in [-0.15, -0.1) is 0 Å². The standard InChI is InChI=1S/C21H25F3N4O3/c1-30-16-7-6-13(10-17(16)31-2)14-11-18(21(22,23)24)28-19(25-14)12-15(26-28)20(29)27-8-4-3-5-9-27/h6-7,10,12,14,18,25H,3-5,8-9,11H2,1-2H3/t14-,18-/m1/s1. The van der Waals surface area contributed by atoms with Crippen LogP contribution in [0.2, 0.25) is 0 Å². The van der Waals surface area contributed by atoms with Crippen molar-refractivity contribution in [1.82, 2.24) is 14.7 Å². The number of carbonyl (C=O) groups is 1. The Hall–Kier alpha value is -2.91. The highest BCUT2D eigenvalue weighted by molar-refractivity contribution is 5.93. The lowest BCUT2D eigenvalue weighted by Crippen LogP contribution is -2.37. The highest BCUT2D eigenvalue weighted by Gasteiger charge is 2.47. The summed E-state index contributed by atoms with van der Waals surface area (Å²) in [6.45, 7) is 1.21. The van der Waals surface area contributed by atoms with Crippen LogP contribution >= 0.6 is 0 Å². The van der Waals surface area contributed by atoms with Crippen LogP contribution in [0.4, 0.5) is 19.0 Å². The Morgan fingerprint density at radius 2 is 1.81 bits per heavy atom. The van der Waals surface area contributed by atoms with Gasteiger partial charge in [-0.25, -0.2) is 4.68 Å². The van der Waals surface area contributed by atoms with E-state index in [4.69, 9.17) is 9.47 Å². The molecule has 2 aliphatic heterocycles. The molecular formula is C21H25F3N4O3. The number of likely N-dealkylation sites (tertiary alicyclic amines) is 1. The molecule has 0 aliphatic carbocycles. The smallest absolute Gasteiger partial charge is 0.410 e. The monoisotopic (exact) mass is 438 g/mol. The Morgan fingerprint density at radius 1 is 1.10 bits per heavy atom. The molecular weight excluding hydrogens is 413 g/mol. The number of anilines is 1. The number of hydrogen-bond donors (Lipinski definition) is 1. The van der Waals surface area contributed by atoms with Crippen LogP contribution in [0.1, 0.15) is 53.8 Å². The molecule has 2 aromatic rings. The van der Waals surface area contributed by atoms with E-state index in [2.05, 4.69) is 10.4 Å². The number of halogens is 3. The van der Waals surface area contributed by atoms with Crippen molar-refractivity contribution in [2.75, 3.05) is 32.6 Å². The third-order valence-corrected chi connectivity index (χ3v) is 5.86. The zero-order valence-corrected chi connectivity index (χ0v) is 17.4. The highest BCUT2D eigenvalue weighted by Crippen LogP contribution is 2.44. The number of hydrogen-bond acceptors (Lipinski definition) is 5. The number of aromatic nitrogens is 2. The average molecular weight is 438 g/mol. The summed E-state index contributed by atoms with van der Waals surface area (Å²) in [6, 6.07) is 3.98. The Kier molecular flexibility index (Phi) is 5.72. The van der Waals surface area contributed by atoms with Crippen LogP contribution < -0.4 is 14.8 Å². The quantitative estimate of drug-likeness (QED) is 0.776. The molecule has 10 heteroatoms. The number of amides is 1. The lowest BCUT2D eigenvalue weighted by Gasteiger charge is -2.33. The third kappa shape index (κ3) is 4.15. The molecule has 1 saturated heterocycles. The van der Waals surface area contributed by atoms with E-state index in [0.29, 0.717) is 30.2 Å². The van der Waals surface area contributed by atoms with Gasteiger partial charge >= 0.3 is 6.18 Å². The first-order chi connectivity index (χ1) is 14.8. The second-order valence-electron chi connectivity index (χ2n) is 7.82. The van der Waals surface area contributed by atoms with Gasteiger partial charge in [0.15, 0.2) is 23.2 Å². The molecule has 31 heavy (non-hydrogen) atoms. The molecule has 0 saturated carbocycles. The molecule has 0 unspecified atom stereocenters. The minimum absolute atomic E-state index is 0.0339. The molecule has 1 N–H and O–H groups in total. The SMILES string of the molecule is COc1ccc([C@H]2C[C@H](C(F)(F)F)n3nc(C(=O)N4CCCCC4)cc3N2)cc1OC. The van der Waals surface area contributed by atoms with Crippen molar-refractivity contribution in [3.05, 3.63) is 35.5 Å². The summed E-state index contributed by atoms with van der Waals surface area (Å²) in [6.07, 6.45) is -1.93. The van der Waals surface area contributed by atoms with Crippen LogP contribution in [0.3, 0.4) is 0 Å². The van der Waals surface area contributed by atoms with Gasteiger partial charge in [-0.3, -0.25) is 4.79 Å². The molecule has 0 bridgehead atoms. The first kappa shape index (κ1) is 21.3. The number of rotatable bonds is 4. The summed E-state index contributed by atoms with van der Waals surface area (Å²) in [7, 11) is 2.97. The molecule has 1 amide bonds. The fraction of sp³-hybridized carbons (Fsp3) is 0.524. The molecule has 2 atom stereocenters. The number of methoxy groups -OCH3 is 2. The van der Waals surface area contributed by atoms with E-state index in [0.717, 1.165) is 23.9 Å². The fourth-order valence-electron chi connectivity index (χ4n) is 4.23. The van der Waals surface area contributed by atoms with Crippen molar-refractivity contribution in [1.29, 1.82) is 0 Å². The van der Waals surface area contributed by atoms with Crippen LogP contribution in [0.25, 0.3) is 0 Å². The van der Waals surface area contributed by atoms with Crippen molar-refractivity contribution in [3.8, 4) is 11.5 Å². The number of piperidine rings is 1. The van der Waals surface area contributed by atoms with Crippen LogP contribution in [0.15, 0.2) is 24.3 Å². The van der Waals surface area contributed by atoms with E-state index in [1.807, 2.05) is 0 Å². The molecule has 4 rings (SSSR count). The van der Waals surface area contributed by atoms with Crippen LogP contribution in [0.5, 0.6) is 11.5 Å². The maximum Gasteiger partial charge on any atom is 0.410 e. The zero-order valence-electron chi connectivity index (χ0n) is 17.4. The van der Waals surface area contributed by atoms with Crippen molar-refractivity contribution < 1.29 is 27.4 Å². The normalized spacial score (nSPS) is 21.3. The molecule has 1 aromatic heterocycles. The molecule has 7 nitrogen and oxygen atoms in total. The molecule has 2 aliphatic rings. The fourth-order valence-corrected chi connectivity index (χ4v) is 4.23. The zero-order chi connectivity index (χ0) is 22.2. The molecule has 1 fully saturated rings. The summed E-state index contributed by atoms with van der Waals surface area (Å²) in [5, 5.41) is 7.18. The summed E-state index contributed by atoms with van der Waals surface area (Å²) < 4.78 is 53.1. The summed E-state index contributed by atoms with van der Waals surface area (Å²) in [5.41, 5.74) is 0.662. The van der Waals surface area contributed by atoms with Crippen molar-refractivity contribution in [3.63, 3.8) is 0 Å². The molecule has 0 spiro atoms. The second kappa shape index (κ2) is 8.32. The molecule has 1 aromatic carbocycles. The maximum atomic E-state index is 13.9. The van der Waals surface area contributed by atoms with Gasteiger partial charge in [0.1, 0.15) is 5.82 Å². The number of alkyl halides is 3. The lowest BCUT2D eigenvalue weighted by atomic mass is 9.96. The summed E-state index contributed by atoms with van der Waals surface area (Å²) in [4.78, 5) is 14.4. The van der Waals surface area contributed by atoms with Gasteiger partial charge in [0.25, 0.3) is 5.91 Å². The van der Waals surface area contributed by atoms with Gasteiger partial charge in [-0.1, -0.05) is 6.07 Å². The Morgan fingerprint density at radius 3 is 2.45 bits per heavy atom. The molecule has 0 radical (unpaired) electrons. The van der Waals surface area contributed by atoms with Crippen molar-refractivity contribution in [2.45, 2.75) is 43.9 Å². The predicted molar refractivity (Wildman–Crippen MR) is 108 cm³/mol. The van der Waals surface area contributed by atoms with Gasteiger partial charge in [0.2, 0.25) is 0 Å². The van der Waals surface area contributed by atoms with Crippen LogP contribution in [-0.4, -0.2) is 54.1 Å². The second-order valence-corrected chi connectivity index (χ2v) is 7.82. The third-order valence-electron chi connectivity index (χ3n) is 5.86. The number of carbonyl (C=O) groups excluding carboxylic acids is 1. The number of nitrogens with one attached hydrogen (secondary N) is 1. The van der Waals surface area contributed by atoms with Crippen molar-refractivity contribution >= 4 is 11.7 Å². The number of ether oxygens (including phenoxy) is 2. The van der Waals surface area contributed by atoms with E-state index >= 15 is 0 Å². The first-order valence-corrected chi connectivity index (χ1v) is 10.3. The van der Waals surface area contributed by atoms with Crippen molar-refractivity contribution in [2.24, 2.45) is 0 Å². The molecule has 168 valence electrons. The predicted octanol–water partition coefficient (Wildman–Crippen LogP) is 4.19. The van der Waals surface area contributed by atoms with E-state index in [9.17, 15) is 18.0 Å². The lowest BCUT2D eigenvalue weighted by molar-refractivity contribution is -0.173. The van der Waals surface area contributed by atoms with Gasteiger partial charge < -0.3 is 19.7 Å². The van der Waals surface area contributed by atoms with E-state index in [1.54, 1.807) is 23.1 Å². The maximum absolute atomic E-state index is 13.9. The van der Waals surface area contributed by atoms with E-state index < -0.39 is 18.3 Å². The summed E-state index contributed by atoms with van der Waals surface area (Å²) in [5.74, 6) is 0.778.